The smallest absolute Gasteiger partial charge is 0.322 e. The molecule has 1 aromatic rings. The van der Waals surface area contributed by atoms with Crippen molar-refractivity contribution in [1.82, 2.24) is 19.8 Å². The second-order valence-corrected chi connectivity index (χ2v) is 10.3. The fraction of sp³-hybridized carbons (Fsp3) is 0.526. The van der Waals surface area contributed by atoms with Gasteiger partial charge in [-0.2, -0.15) is 4.31 Å². The summed E-state index contributed by atoms with van der Waals surface area (Å²) in [6.45, 7) is 1.32. The van der Waals surface area contributed by atoms with Crippen LogP contribution in [0.5, 0.6) is 0 Å². The number of urea groups is 1. The maximum Gasteiger partial charge on any atom is 0.322 e. The first kappa shape index (κ1) is 21.1. The SMILES string of the molecule is O=C1NC(=O)C2(CCN(C(=O)C3CCN(S(=O)(=O)c4ccc(Cl)cc4)CC3)CC2)N1. The van der Waals surface area contributed by atoms with Crippen molar-refractivity contribution in [3.63, 3.8) is 0 Å². The number of nitrogens with one attached hydrogen (secondary N) is 2. The second kappa shape index (κ2) is 7.82. The normalized spacial score (nSPS) is 22.8. The Hall–Kier alpha value is -2.17. The van der Waals surface area contributed by atoms with Gasteiger partial charge in [-0.3, -0.25) is 14.9 Å². The van der Waals surface area contributed by atoms with Crippen LogP contribution in [0, 0.1) is 5.92 Å². The summed E-state index contributed by atoms with van der Waals surface area (Å²) in [6, 6.07) is 5.56. The molecular weight excluding hydrogens is 432 g/mol. The molecule has 30 heavy (non-hydrogen) atoms. The lowest BCUT2D eigenvalue weighted by atomic mass is 9.86. The Kier molecular flexibility index (Phi) is 5.50. The van der Waals surface area contributed by atoms with Gasteiger partial charge in [0, 0.05) is 37.1 Å². The number of hydrogen-bond acceptors (Lipinski definition) is 5. The molecule has 11 heteroatoms. The van der Waals surface area contributed by atoms with Crippen molar-refractivity contribution in [1.29, 1.82) is 0 Å². The number of carbonyl (C=O) groups excluding carboxylic acids is 3. The van der Waals surface area contributed by atoms with Crippen molar-refractivity contribution in [2.75, 3.05) is 26.2 Å². The number of benzene rings is 1. The van der Waals surface area contributed by atoms with E-state index in [9.17, 15) is 22.8 Å². The number of hydrogen-bond donors (Lipinski definition) is 2. The van der Waals surface area contributed by atoms with Gasteiger partial charge in [0.05, 0.1) is 4.90 Å². The predicted octanol–water partition coefficient (Wildman–Crippen LogP) is 0.941. The first-order chi connectivity index (χ1) is 14.2. The fourth-order valence-electron chi connectivity index (χ4n) is 4.35. The number of imide groups is 1. The molecule has 0 radical (unpaired) electrons. The topological polar surface area (TPSA) is 116 Å². The molecule has 1 aromatic carbocycles. The summed E-state index contributed by atoms with van der Waals surface area (Å²) in [5.41, 5.74) is -0.913. The number of amides is 4. The van der Waals surface area contributed by atoms with Crippen molar-refractivity contribution >= 4 is 39.5 Å². The number of sulfonamides is 1. The molecule has 0 aliphatic carbocycles. The summed E-state index contributed by atoms with van der Waals surface area (Å²) in [7, 11) is -3.61. The lowest BCUT2D eigenvalue weighted by Gasteiger charge is -2.39. The van der Waals surface area contributed by atoms with Gasteiger partial charge in [-0.15, -0.1) is 0 Å². The fourth-order valence-corrected chi connectivity index (χ4v) is 5.94. The highest BCUT2D eigenvalue weighted by Crippen LogP contribution is 2.29. The molecule has 4 amide bonds. The Morgan fingerprint density at radius 1 is 1.03 bits per heavy atom. The zero-order valence-corrected chi connectivity index (χ0v) is 17.8. The Morgan fingerprint density at radius 3 is 2.17 bits per heavy atom. The molecule has 3 aliphatic rings. The van der Waals surface area contributed by atoms with Crippen LogP contribution >= 0.6 is 11.6 Å². The molecule has 0 unspecified atom stereocenters. The van der Waals surface area contributed by atoms with Crippen LogP contribution in [0.2, 0.25) is 5.02 Å². The number of halogens is 1. The van der Waals surface area contributed by atoms with E-state index >= 15 is 0 Å². The third-order valence-electron chi connectivity index (χ3n) is 6.20. The Bertz CT molecular complexity index is 965. The van der Waals surface area contributed by atoms with E-state index in [0.29, 0.717) is 43.8 Å². The third kappa shape index (κ3) is 3.79. The summed E-state index contributed by atoms with van der Waals surface area (Å²) >= 11 is 5.84. The summed E-state index contributed by atoms with van der Waals surface area (Å²) in [6.07, 6.45) is 1.65. The van der Waals surface area contributed by atoms with Gasteiger partial charge in [0.1, 0.15) is 5.54 Å². The summed E-state index contributed by atoms with van der Waals surface area (Å²) in [5.74, 6) is -0.596. The molecule has 1 spiro atoms. The van der Waals surface area contributed by atoms with Gasteiger partial charge < -0.3 is 10.2 Å². The predicted molar refractivity (Wildman–Crippen MR) is 108 cm³/mol. The largest absolute Gasteiger partial charge is 0.342 e. The standard InChI is InChI=1S/C19H23ClN4O5S/c20-14-1-3-15(4-2-14)30(28,29)24-9-5-13(6-10-24)16(25)23-11-7-19(8-12-23)17(26)21-18(27)22-19/h1-4,13H,5-12H2,(H2,21,22,26,27). The van der Waals surface area contributed by atoms with Crippen molar-refractivity contribution in [2.45, 2.75) is 36.1 Å². The van der Waals surface area contributed by atoms with Gasteiger partial charge in [-0.1, -0.05) is 11.6 Å². The van der Waals surface area contributed by atoms with E-state index in [1.165, 1.54) is 16.4 Å². The number of rotatable bonds is 3. The molecule has 0 bridgehead atoms. The van der Waals surface area contributed by atoms with E-state index in [-0.39, 0.29) is 35.7 Å². The number of nitrogens with zero attached hydrogens (tertiary/aromatic N) is 2. The average Bonchev–Trinajstić information content (AvgIpc) is 3.01. The summed E-state index contributed by atoms with van der Waals surface area (Å²) < 4.78 is 27.0. The summed E-state index contributed by atoms with van der Waals surface area (Å²) in [4.78, 5) is 38.3. The molecule has 2 N–H and O–H groups in total. The first-order valence-electron chi connectivity index (χ1n) is 9.89. The van der Waals surface area contributed by atoms with Crippen LogP contribution in [0.3, 0.4) is 0 Å². The first-order valence-corrected chi connectivity index (χ1v) is 11.7. The molecule has 4 rings (SSSR count). The molecule has 0 aromatic heterocycles. The molecular formula is C19H23ClN4O5S. The number of carbonyl (C=O) groups is 3. The molecule has 162 valence electrons. The van der Waals surface area contributed by atoms with Gasteiger partial charge in [-0.25, -0.2) is 13.2 Å². The molecule has 9 nitrogen and oxygen atoms in total. The van der Waals surface area contributed by atoms with Crippen molar-refractivity contribution in [3.05, 3.63) is 29.3 Å². The maximum absolute atomic E-state index is 12.9. The van der Waals surface area contributed by atoms with Crippen molar-refractivity contribution in [3.8, 4) is 0 Å². The van der Waals surface area contributed by atoms with Crippen LogP contribution in [-0.2, 0) is 19.6 Å². The lowest BCUT2D eigenvalue weighted by Crippen LogP contribution is -2.56. The molecule has 0 saturated carbocycles. The minimum Gasteiger partial charge on any atom is -0.342 e. The Morgan fingerprint density at radius 2 is 1.63 bits per heavy atom. The zero-order chi connectivity index (χ0) is 21.5. The van der Waals surface area contributed by atoms with E-state index < -0.39 is 21.6 Å². The summed E-state index contributed by atoms with van der Waals surface area (Å²) in [5, 5.41) is 5.41. The lowest BCUT2D eigenvalue weighted by molar-refractivity contribution is -0.140. The second-order valence-electron chi connectivity index (χ2n) is 7.95. The number of piperidine rings is 2. The van der Waals surface area contributed by atoms with Gasteiger partial charge in [0.2, 0.25) is 15.9 Å². The van der Waals surface area contributed by atoms with Gasteiger partial charge in [0.15, 0.2) is 0 Å². The van der Waals surface area contributed by atoms with Crippen LogP contribution in [0.15, 0.2) is 29.2 Å². The minimum absolute atomic E-state index is 0.0156. The third-order valence-corrected chi connectivity index (χ3v) is 8.36. The van der Waals surface area contributed by atoms with Gasteiger partial charge in [0.25, 0.3) is 5.91 Å². The monoisotopic (exact) mass is 454 g/mol. The van der Waals surface area contributed by atoms with Crippen LogP contribution in [0.25, 0.3) is 0 Å². The average molecular weight is 455 g/mol. The van der Waals surface area contributed by atoms with E-state index in [2.05, 4.69) is 10.6 Å². The molecule has 3 heterocycles. The van der Waals surface area contributed by atoms with E-state index in [1.807, 2.05) is 0 Å². The molecule has 3 saturated heterocycles. The molecule has 0 atom stereocenters. The Labute approximate surface area is 179 Å². The van der Waals surface area contributed by atoms with Gasteiger partial charge in [-0.05, 0) is 49.9 Å². The van der Waals surface area contributed by atoms with Crippen molar-refractivity contribution < 1.29 is 22.8 Å². The van der Waals surface area contributed by atoms with Crippen LogP contribution < -0.4 is 10.6 Å². The van der Waals surface area contributed by atoms with Crippen LogP contribution in [0.1, 0.15) is 25.7 Å². The van der Waals surface area contributed by atoms with E-state index in [4.69, 9.17) is 11.6 Å². The minimum atomic E-state index is -3.61. The zero-order valence-electron chi connectivity index (χ0n) is 16.3. The quantitative estimate of drug-likeness (QED) is 0.659. The maximum atomic E-state index is 12.9. The van der Waals surface area contributed by atoms with E-state index in [1.54, 1.807) is 17.0 Å². The molecule has 3 fully saturated rings. The molecule has 3 aliphatic heterocycles. The van der Waals surface area contributed by atoms with Crippen LogP contribution in [0.4, 0.5) is 4.79 Å². The highest BCUT2D eigenvalue weighted by molar-refractivity contribution is 7.89. The Balaban J connectivity index is 1.33. The van der Waals surface area contributed by atoms with Crippen molar-refractivity contribution in [2.24, 2.45) is 5.92 Å². The highest BCUT2D eigenvalue weighted by Gasteiger charge is 2.48. The van der Waals surface area contributed by atoms with Crippen LogP contribution in [-0.4, -0.2) is 67.2 Å². The van der Waals surface area contributed by atoms with Gasteiger partial charge >= 0.3 is 6.03 Å². The highest BCUT2D eigenvalue weighted by atomic mass is 35.5. The number of likely N-dealkylation sites (tertiary alicyclic amines) is 1. The van der Waals surface area contributed by atoms with E-state index in [0.717, 1.165) is 0 Å².